The van der Waals surface area contributed by atoms with E-state index >= 15 is 0 Å². The van der Waals surface area contributed by atoms with Crippen molar-refractivity contribution in [2.45, 2.75) is 32.7 Å². The number of benzene rings is 1. The van der Waals surface area contributed by atoms with Gasteiger partial charge in [0.15, 0.2) is 0 Å². The van der Waals surface area contributed by atoms with Crippen LogP contribution in [0.1, 0.15) is 26.7 Å². The molecule has 1 aromatic carbocycles. The smallest absolute Gasteiger partial charge is 0.0343 e. The average molecular weight is 289 g/mol. The summed E-state index contributed by atoms with van der Waals surface area (Å²) in [5, 5.41) is 3.50. The molecule has 0 aromatic heterocycles. The number of rotatable bonds is 4. The molecule has 0 amide bonds. The predicted molar refractivity (Wildman–Crippen MR) is 67.2 cm³/mol. The molecule has 0 aliphatic rings. The van der Waals surface area contributed by atoms with E-state index in [1.165, 1.54) is 22.1 Å². The largest absolute Gasteiger partial charge is 0.382 e. The molecule has 72 valence electrons. The lowest BCUT2D eigenvalue weighted by Gasteiger charge is -2.15. The summed E-state index contributed by atoms with van der Waals surface area (Å²) < 4.78 is 1.28. The molecule has 0 heterocycles. The van der Waals surface area contributed by atoms with Gasteiger partial charge in [-0.2, -0.15) is 0 Å². The first-order valence-corrected chi connectivity index (χ1v) is 5.86. The van der Waals surface area contributed by atoms with E-state index in [2.05, 4.69) is 66.0 Å². The van der Waals surface area contributed by atoms with Crippen molar-refractivity contribution in [3.8, 4) is 0 Å². The lowest BCUT2D eigenvalue weighted by atomic mass is 10.1. The first-order valence-electron chi connectivity index (χ1n) is 4.78. The Bertz CT molecular complexity index is 239. The van der Waals surface area contributed by atoms with Crippen molar-refractivity contribution < 1.29 is 0 Å². The molecule has 0 unspecified atom stereocenters. The highest BCUT2D eigenvalue weighted by atomic mass is 127. The lowest BCUT2D eigenvalue weighted by Crippen LogP contribution is -2.16. The summed E-state index contributed by atoms with van der Waals surface area (Å²) in [6, 6.07) is 9.15. The monoisotopic (exact) mass is 289 g/mol. The Morgan fingerprint density at radius 2 is 1.69 bits per heavy atom. The number of hydrogen-bond donors (Lipinski definition) is 1. The van der Waals surface area contributed by atoms with Crippen molar-refractivity contribution in [3.63, 3.8) is 0 Å². The standard InChI is InChI=1S/C11H16IN/c1-3-10(4-2)13-11-7-5-9(12)6-8-11/h5-8,10,13H,3-4H2,1-2H3. The maximum absolute atomic E-state index is 3.50. The number of anilines is 1. The summed E-state index contributed by atoms with van der Waals surface area (Å²) >= 11 is 2.32. The second-order valence-corrected chi connectivity index (χ2v) is 4.41. The van der Waals surface area contributed by atoms with Crippen LogP contribution in [0.15, 0.2) is 24.3 Å². The van der Waals surface area contributed by atoms with Crippen molar-refractivity contribution in [3.05, 3.63) is 27.8 Å². The quantitative estimate of drug-likeness (QED) is 0.829. The zero-order valence-electron chi connectivity index (χ0n) is 8.18. The molecular formula is C11H16IN. The van der Waals surface area contributed by atoms with E-state index in [0.29, 0.717) is 6.04 Å². The van der Waals surface area contributed by atoms with E-state index in [1.54, 1.807) is 0 Å². The molecule has 0 atom stereocenters. The molecule has 0 saturated heterocycles. The molecule has 0 radical (unpaired) electrons. The van der Waals surface area contributed by atoms with Crippen LogP contribution in [0.5, 0.6) is 0 Å². The maximum Gasteiger partial charge on any atom is 0.0343 e. The Hall–Kier alpha value is -0.250. The van der Waals surface area contributed by atoms with Crippen molar-refractivity contribution >= 4 is 28.3 Å². The molecule has 0 spiro atoms. The van der Waals surface area contributed by atoms with Gasteiger partial charge in [-0.3, -0.25) is 0 Å². The van der Waals surface area contributed by atoms with Gasteiger partial charge in [0.1, 0.15) is 0 Å². The van der Waals surface area contributed by atoms with Crippen LogP contribution in [-0.2, 0) is 0 Å². The van der Waals surface area contributed by atoms with Gasteiger partial charge in [0.25, 0.3) is 0 Å². The van der Waals surface area contributed by atoms with Crippen LogP contribution in [0.4, 0.5) is 5.69 Å². The Kier molecular flexibility index (Phi) is 4.56. The van der Waals surface area contributed by atoms with Crippen LogP contribution in [0, 0.1) is 3.57 Å². The third-order valence-corrected chi connectivity index (χ3v) is 2.92. The van der Waals surface area contributed by atoms with Gasteiger partial charge in [0.05, 0.1) is 0 Å². The molecule has 0 bridgehead atoms. The maximum atomic E-state index is 3.50. The summed E-state index contributed by atoms with van der Waals surface area (Å²) in [5.74, 6) is 0. The van der Waals surface area contributed by atoms with Crippen LogP contribution in [0.25, 0.3) is 0 Å². The van der Waals surface area contributed by atoms with Crippen LogP contribution in [0.3, 0.4) is 0 Å². The molecule has 0 aliphatic carbocycles. The third-order valence-electron chi connectivity index (χ3n) is 2.20. The van der Waals surface area contributed by atoms with Gasteiger partial charge in [-0.25, -0.2) is 0 Å². The van der Waals surface area contributed by atoms with Gasteiger partial charge in [0, 0.05) is 15.3 Å². The second-order valence-electron chi connectivity index (χ2n) is 3.16. The average Bonchev–Trinajstić information content (AvgIpc) is 2.17. The van der Waals surface area contributed by atoms with E-state index < -0.39 is 0 Å². The molecular weight excluding hydrogens is 273 g/mol. The SMILES string of the molecule is CCC(CC)Nc1ccc(I)cc1. The normalized spacial score (nSPS) is 10.5. The Balaban J connectivity index is 2.58. The minimum absolute atomic E-state index is 0.611. The van der Waals surface area contributed by atoms with Crippen molar-refractivity contribution in [2.75, 3.05) is 5.32 Å². The molecule has 0 aliphatic heterocycles. The summed E-state index contributed by atoms with van der Waals surface area (Å²) in [4.78, 5) is 0. The zero-order chi connectivity index (χ0) is 9.68. The fourth-order valence-electron chi connectivity index (χ4n) is 1.27. The van der Waals surface area contributed by atoms with Gasteiger partial charge >= 0.3 is 0 Å². The highest BCUT2D eigenvalue weighted by molar-refractivity contribution is 14.1. The van der Waals surface area contributed by atoms with Gasteiger partial charge in [-0.1, -0.05) is 13.8 Å². The van der Waals surface area contributed by atoms with Gasteiger partial charge < -0.3 is 5.32 Å². The van der Waals surface area contributed by atoms with E-state index in [4.69, 9.17) is 0 Å². The van der Waals surface area contributed by atoms with Gasteiger partial charge in [-0.05, 0) is 59.7 Å². The van der Waals surface area contributed by atoms with E-state index in [-0.39, 0.29) is 0 Å². The summed E-state index contributed by atoms with van der Waals surface area (Å²) in [5.41, 5.74) is 1.23. The number of hydrogen-bond acceptors (Lipinski definition) is 1. The lowest BCUT2D eigenvalue weighted by molar-refractivity contribution is 0.672. The molecule has 1 rings (SSSR count). The van der Waals surface area contributed by atoms with Gasteiger partial charge in [-0.15, -0.1) is 0 Å². The highest BCUT2D eigenvalue weighted by Gasteiger charge is 2.01. The molecule has 2 heteroatoms. The van der Waals surface area contributed by atoms with Gasteiger partial charge in [0.2, 0.25) is 0 Å². The molecule has 13 heavy (non-hydrogen) atoms. The summed E-state index contributed by atoms with van der Waals surface area (Å²) in [6.07, 6.45) is 2.37. The zero-order valence-corrected chi connectivity index (χ0v) is 10.3. The van der Waals surface area contributed by atoms with Crippen LogP contribution >= 0.6 is 22.6 Å². The Labute approximate surface area is 94.1 Å². The predicted octanol–water partition coefficient (Wildman–Crippen LogP) is 3.89. The topological polar surface area (TPSA) is 12.0 Å². The van der Waals surface area contributed by atoms with E-state index in [1.807, 2.05) is 0 Å². The van der Waals surface area contributed by atoms with Crippen LogP contribution in [0.2, 0.25) is 0 Å². The molecule has 1 nitrogen and oxygen atoms in total. The first kappa shape index (κ1) is 10.8. The third kappa shape index (κ3) is 3.55. The van der Waals surface area contributed by atoms with E-state index in [9.17, 15) is 0 Å². The molecule has 1 aromatic rings. The summed E-state index contributed by atoms with van der Waals surface area (Å²) in [6.45, 7) is 4.43. The minimum Gasteiger partial charge on any atom is -0.382 e. The highest BCUT2D eigenvalue weighted by Crippen LogP contribution is 2.13. The number of halogens is 1. The summed E-state index contributed by atoms with van der Waals surface area (Å²) in [7, 11) is 0. The first-order chi connectivity index (χ1) is 6.26. The fraction of sp³-hybridized carbons (Fsp3) is 0.455. The van der Waals surface area contributed by atoms with Crippen molar-refractivity contribution in [1.29, 1.82) is 0 Å². The van der Waals surface area contributed by atoms with Crippen molar-refractivity contribution in [1.82, 2.24) is 0 Å². The molecule has 0 saturated carbocycles. The minimum atomic E-state index is 0.611. The van der Waals surface area contributed by atoms with Crippen molar-refractivity contribution in [2.24, 2.45) is 0 Å². The van der Waals surface area contributed by atoms with E-state index in [0.717, 1.165) is 0 Å². The molecule has 0 fully saturated rings. The number of nitrogens with one attached hydrogen (secondary N) is 1. The fourth-order valence-corrected chi connectivity index (χ4v) is 1.63. The van der Waals surface area contributed by atoms with Crippen LogP contribution in [-0.4, -0.2) is 6.04 Å². The van der Waals surface area contributed by atoms with Crippen LogP contribution < -0.4 is 5.32 Å². The molecule has 1 N–H and O–H groups in total. The Morgan fingerprint density at radius 1 is 1.15 bits per heavy atom. The Morgan fingerprint density at radius 3 is 2.15 bits per heavy atom. The second kappa shape index (κ2) is 5.47.